The van der Waals surface area contributed by atoms with Crippen LogP contribution in [0.2, 0.25) is 0 Å². The van der Waals surface area contributed by atoms with Crippen LogP contribution < -0.4 is 0 Å². The number of hydrogen-bond donors (Lipinski definition) is 4. The van der Waals surface area contributed by atoms with E-state index in [9.17, 15) is 25.2 Å². The lowest BCUT2D eigenvalue weighted by Crippen LogP contribution is -2.30. The van der Waals surface area contributed by atoms with Crippen molar-refractivity contribution in [1.29, 1.82) is 0 Å². The summed E-state index contributed by atoms with van der Waals surface area (Å²) in [5, 5.41) is 42.8. The van der Waals surface area contributed by atoms with E-state index in [-0.39, 0.29) is 28.8 Å². The first-order valence-corrected chi connectivity index (χ1v) is 16.3. The monoisotopic (exact) mass is 642 g/mol. The number of carbonyl (C=O) groups is 1. The van der Waals surface area contributed by atoms with Gasteiger partial charge in [0.15, 0.2) is 5.78 Å². The normalized spacial score (nSPS) is 13.0. The van der Waals surface area contributed by atoms with Gasteiger partial charge in [-0.2, -0.15) is 0 Å². The first kappa shape index (κ1) is 34.3. The van der Waals surface area contributed by atoms with E-state index in [1.807, 2.05) is 109 Å². The number of rotatable bonds is 7. The van der Waals surface area contributed by atoms with Crippen LogP contribution in [0, 0.1) is 48.5 Å². The predicted molar refractivity (Wildman–Crippen MR) is 193 cm³/mol. The van der Waals surface area contributed by atoms with Gasteiger partial charge in [-0.15, -0.1) is 0 Å². The zero-order valence-electron chi connectivity index (χ0n) is 29.6. The van der Waals surface area contributed by atoms with Crippen LogP contribution in [0.15, 0.2) is 72.8 Å². The Morgan fingerprint density at radius 2 is 0.729 bits per heavy atom. The minimum absolute atomic E-state index is 0.0844. The SMILES string of the molecule is CC(=O)c1cc(C(C)(c2ccc(O)c(C)c2)c2cc(C)c(O)c(C)c2)cc(C(C)(c2cc(C)c(O)c(C)c2)c2cc(C)c(O)c(C)c2)c1. The lowest BCUT2D eigenvalue weighted by molar-refractivity contribution is 0.101. The number of ketones is 1. The molecule has 4 N–H and O–H groups in total. The van der Waals surface area contributed by atoms with Crippen molar-refractivity contribution in [2.75, 3.05) is 0 Å². The van der Waals surface area contributed by atoms with E-state index in [0.29, 0.717) is 5.56 Å². The van der Waals surface area contributed by atoms with Gasteiger partial charge in [-0.1, -0.05) is 54.6 Å². The fourth-order valence-corrected chi connectivity index (χ4v) is 7.11. The largest absolute Gasteiger partial charge is 0.508 e. The van der Waals surface area contributed by atoms with Crippen molar-refractivity contribution in [1.82, 2.24) is 0 Å². The number of phenolic OH excluding ortho intramolecular Hbond substituents is 4. The summed E-state index contributed by atoms with van der Waals surface area (Å²) < 4.78 is 0. The van der Waals surface area contributed by atoms with Crippen molar-refractivity contribution in [3.63, 3.8) is 0 Å². The number of carbonyl (C=O) groups excluding carboxylic acids is 1. The Hall–Kier alpha value is -5.03. The smallest absolute Gasteiger partial charge is 0.159 e. The third-order valence-electron chi connectivity index (χ3n) is 10.5. The Morgan fingerprint density at radius 1 is 0.438 bits per heavy atom. The van der Waals surface area contributed by atoms with Crippen molar-refractivity contribution in [3.8, 4) is 23.0 Å². The molecule has 0 aromatic heterocycles. The second kappa shape index (κ2) is 12.2. The molecule has 248 valence electrons. The van der Waals surface area contributed by atoms with Gasteiger partial charge < -0.3 is 20.4 Å². The molecule has 5 aromatic rings. The van der Waals surface area contributed by atoms with E-state index in [1.54, 1.807) is 13.0 Å². The number of aromatic hydroxyl groups is 4. The third-order valence-corrected chi connectivity index (χ3v) is 10.5. The Bertz CT molecular complexity index is 1980. The van der Waals surface area contributed by atoms with E-state index in [0.717, 1.165) is 72.3 Å². The Morgan fingerprint density at radius 3 is 1.04 bits per heavy atom. The molecule has 48 heavy (non-hydrogen) atoms. The summed E-state index contributed by atoms with van der Waals surface area (Å²) in [4.78, 5) is 13.4. The second-order valence-corrected chi connectivity index (χ2v) is 14.0. The molecule has 0 amide bonds. The van der Waals surface area contributed by atoms with Gasteiger partial charge in [0.1, 0.15) is 23.0 Å². The van der Waals surface area contributed by atoms with Crippen LogP contribution in [-0.2, 0) is 10.8 Å². The highest BCUT2D eigenvalue weighted by Gasteiger charge is 2.38. The molecule has 0 saturated heterocycles. The summed E-state index contributed by atoms with van der Waals surface area (Å²) in [6, 6.07) is 23.6. The molecule has 0 spiro atoms. The number of benzene rings is 5. The van der Waals surface area contributed by atoms with Crippen molar-refractivity contribution in [3.05, 3.63) is 151 Å². The molecule has 5 aromatic carbocycles. The number of hydrogen-bond acceptors (Lipinski definition) is 5. The second-order valence-electron chi connectivity index (χ2n) is 14.0. The van der Waals surface area contributed by atoms with Crippen LogP contribution in [0.3, 0.4) is 0 Å². The third kappa shape index (κ3) is 5.61. The van der Waals surface area contributed by atoms with Crippen LogP contribution in [-0.4, -0.2) is 26.2 Å². The van der Waals surface area contributed by atoms with E-state index >= 15 is 0 Å². The first-order valence-electron chi connectivity index (χ1n) is 16.3. The Balaban J connectivity index is 1.95. The molecule has 0 saturated carbocycles. The van der Waals surface area contributed by atoms with E-state index < -0.39 is 10.8 Å². The first-order chi connectivity index (χ1) is 22.4. The summed E-state index contributed by atoms with van der Waals surface area (Å²) >= 11 is 0. The van der Waals surface area contributed by atoms with Crippen molar-refractivity contribution < 1.29 is 25.2 Å². The lowest BCUT2D eigenvalue weighted by atomic mass is 9.65. The standard InChI is InChI=1S/C43H46O5/c1-23-13-32(11-12-38(23)45)42(9,33-14-24(2)39(46)25(3)15-33)36-20-31(30(8)44)21-37(22-36)43(10,34-16-26(4)40(47)27(5)17-34)35-18-28(6)41(48)29(7)19-35/h11-22,45-48H,1-10H3. The van der Waals surface area contributed by atoms with Gasteiger partial charge in [0.05, 0.1) is 0 Å². The molecule has 5 rings (SSSR count). The minimum Gasteiger partial charge on any atom is -0.508 e. The highest BCUT2D eigenvalue weighted by atomic mass is 16.3. The van der Waals surface area contributed by atoms with Crippen LogP contribution in [0.1, 0.15) is 103 Å². The molecule has 0 heterocycles. The molecule has 0 aliphatic heterocycles. The van der Waals surface area contributed by atoms with Gasteiger partial charge in [0, 0.05) is 16.4 Å². The molecular formula is C43H46O5. The molecule has 5 nitrogen and oxygen atoms in total. The maximum Gasteiger partial charge on any atom is 0.159 e. The maximum atomic E-state index is 13.4. The quantitative estimate of drug-likeness (QED) is 0.105. The minimum atomic E-state index is -0.820. The lowest BCUT2D eigenvalue weighted by Gasteiger charge is -2.37. The number of Topliss-reactive ketones (excluding diaryl/α,β-unsaturated/α-hetero) is 1. The molecule has 5 heteroatoms. The molecule has 0 radical (unpaired) electrons. The molecular weight excluding hydrogens is 596 g/mol. The number of phenols is 4. The summed E-state index contributed by atoms with van der Waals surface area (Å²) in [6.07, 6.45) is 0. The summed E-state index contributed by atoms with van der Waals surface area (Å²) in [7, 11) is 0. The van der Waals surface area contributed by atoms with E-state index in [1.165, 1.54) is 0 Å². The van der Waals surface area contributed by atoms with Crippen molar-refractivity contribution in [2.24, 2.45) is 0 Å². The summed E-state index contributed by atoms with van der Waals surface area (Å²) in [5.41, 5.74) is 9.54. The average Bonchev–Trinajstić information content (AvgIpc) is 3.04. The number of aryl methyl sites for hydroxylation is 7. The molecule has 0 bridgehead atoms. The zero-order valence-corrected chi connectivity index (χ0v) is 29.6. The van der Waals surface area contributed by atoms with Gasteiger partial charge in [-0.05, 0) is 160 Å². The van der Waals surface area contributed by atoms with E-state index in [2.05, 4.69) is 19.9 Å². The molecule has 1 atom stereocenters. The van der Waals surface area contributed by atoms with Crippen LogP contribution in [0.4, 0.5) is 0 Å². The molecule has 0 aliphatic rings. The predicted octanol–water partition coefficient (Wildman–Crippen LogP) is 9.58. The van der Waals surface area contributed by atoms with Gasteiger partial charge in [-0.25, -0.2) is 0 Å². The fraction of sp³-hybridized carbons (Fsp3) is 0.279. The molecule has 0 fully saturated rings. The Kier molecular flexibility index (Phi) is 8.72. The zero-order chi connectivity index (χ0) is 35.5. The van der Waals surface area contributed by atoms with Gasteiger partial charge >= 0.3 is 0 Å². The maximum absolute atomic E-state index is 13.4. The van der Waals surface area contributed by atoms with Gasteiger partial charge in [-0.3, -0.25) is 4.79 Å². The topological polar surface area (TPSA) is 98.0 Å². The van der Waals surface area contributed by atoms with Gasteiger partial charge in [0.25, 0.3) is 0 Å². The molecule has 1 unspecified atom stereocenters. The Labute approximate surface area is 284 Å². The van der Waals surface area contributed by atoms with Crippen molar-refractivity contribution in [2.45, 2.75) is 80.1 Å². The van der Waals surface area contributed by atoms with Crippen molar-refractivity contribution >= 4 is 5.78 Å². The summed E-state index contributed by atoms with van der Waals surface area (Å²) in [6.45, 7) is 19.0. The van der Waals surface area contributed by atoms with E-state index in [4.69, 9.17) is 0 Å². The van der Waals surface area contributed by atoms with Crippen LogP contribution in [0.5, 0.6) is 23.0 Å². The highest BCUT2D eigenvalue weighted by molar-refractivity contribution is 5.95. The average molecular weight is 643 g/mol. The molecule has 0 aliphatic carbocycles. The highest BCUT2D eigenvalue weighted by Crippen LogP contribution is 2.47. The summed E-state index contributed by atoms with van der Waals surface area (Å²) in [5.74, 6) is 0.834. The fourth-order valence-electron chi connectivity index (χ4n) is 7.11. The van der Waals surface area contributed by atoms with Crippen LogP contribution >= 0.6 is 0 Å². The van der Waals surface area contributed by atoms with Gasteiger partial charge in [0.2, 0.25) is 0 Å². The van der Waals surface area contributed by atoms with Crippen LogP contribution in [0.25, 0.3) is 0 Å².